The van der Waals surface area contributed by atoms with Gasteiger partial charge in [-0.25, -0.2) is 4.98 Å². The molecule has 1 atom stereocenters. The van der Waals surface area contributed by atoms with E-state index in [0.29, 0.717) is 6.04 Å². The van der Waals surface area contributed by atoms with Crippen molar-refractivity contribution in [3.8, 4) is 0 Å². The summed E-state index contributed by atoms with van der Waals surface area (Å²) in [7, 11) is 2.00. The lowest BCUT2D eigenvalue weighted by Crippen LogP contribution is -2.20. The zero-order valence-electron chi connectivity index (χ0n) is 9.98. The molecule has 0 aromatic carbocycles. The average Bonchev–Trinajstić information content (AvgIpc) is 2.94. The third kappa shape index (κ3) is 2.78. The minimum absolute atomic E-state index is 0.317. The molecule has 0 bridgehead atoms. The van der Waals surface area contributed by atoms with Gasteiger partial charge in [0.1, 0.15) is 5.82 Å². The van der Waals surface area contributed by atoms with Gasteiger partial charge in [-0.05, 0) is 41.3 Å². The fraction of sp³-hybridized carbons (Fsp3) is 0.417. The van der Waals surface area contributed by atoms with E-state index >= 15 is 0 Å². The monoisotopic (exact) mass is 313 g/mol. The molecule has 0 saturated heterocycles. The van der Waals surface area contributed by atoms with Crippen molar-refractivity contribution in [2.45, 2.75) is 25.9 Å². The van der Waals surface area contributed by atoms with Crippen LogP contribution in [0.4, 0.5) is 0 Å². The molecule has 0 amide bonds. The van der Waals surface area contributed by atoms with Crippen molar-refractivity contribution in [3.63, 3.8) is 0 Å². The van der Waals surface area contributed by atoms with Crippen LogP contribution in [0.1, 0.15) is 23.7 Å². The van der Waals surface area contributed by atoms with E-state index < -0.39 is 0 Å². The van der Waals surface area contributed by atoms with Crippen molar-refractivity contribution in [1.82, 2.24) is 14.9 Å². The van der Waals surface area contributed by atoms with E-state index in [9.17, 15) is 0 Å². The third-order valence-corrected chi connectivity index (χ3v) is 4.82. The summed E-state index contributed by atoms with van der Waals surface area (Å²) in [4.78, 5) is 5.76. The maximum absolute atomic E-state index is 4.43. The molecule has 3 nitrogen and oxygen atoms in total. The zero-order valence-corrected chi connectivity index (χ0v) is 12.4. The summed E-state index contributed by atoms with van der Waals surface area (Å²) < 4.78 is 3.36. The Hall–Kier alpha value is -0.650. The first-order valence-electron chi connectivity index (χ1n) is 5.66. The normalized spacial score (nSPS) is 12.9. The van der Waals surface area contributed by atoms with Crippen LogP contribution >= 0.6 is 27.3 Å². The van der Waals surface area contributed by atoms with E-state index in [-0.39, 0.29) is 0 Å². The number of aromatic nitrogens is 2. The summed E-state index contributed by atoms with van der Waals surface area (Å²) in [6, 6.07) is 2.41. The molecule has 0 saturated carbocycles. The van der Waals surface area contributed by atoms with E-state index in [1.54, 1.807) is 11.3 Å². The molecule has 2 heterocycles. The summed E-state index contributed by atoms with van der Waals surface area (Å²) >= 11 is 5.36. The van der Waals surface area contributed by atoms with Gasteiger partial charge in [0.2, 0.25) is 0 Å². The highest BCUT2D eigenvalue weighted by molar-refractivity contribution is 9.10. The van der Waals surface area contributed by atoms with Gasteiger partial charge in [0.15, 0.2) is 0 Å². The van der Waals surface area contributed by atoms with Gasteiger partial charge >= 0.3 is 0 Å². The predicted molar refractivity (Wildman–Crippen MR) is 75.4 cm³/mol. The van der Waals surface area contributed by atoms with Crippen LogP contribution in [0.5, 0.6) is 0 Å². The van der Waals surface area contributed by atoms with Crippen molar-refractivity contribution in [3.05, 3.63) is 39.0 Å². The maximum Gasteiger partial charge on any atom is 0.110 e. The molecule has 0 aliphatic rings. The van der Waals surface area contributed by atoms with Crippen LogP contribution in [-0.4, -0.2) is 16.6 Å². The van der Waals surface area contributed by atoms with E-state index in [1.807, 2.05) is 19.4 Å². The van der Waals surface area contributed by atoms with Gasteiger partial charge in [-0.1, -0.05) is 0 Å². The highest BCUT2D eigenvalue weighted by Crippen LogP contribution is 2.30. The maximum atomic E-state index is 4.43. The predicted octanol–water partition coefficient (Wildman–Crippen LogP) is 3.23. The highest BCUT2D eigenvalue weighted by Gasteiger charge is 2.16. The standard InChI is InChI=1S/C12H16BrN3S/c1-3-16-6-5-15-11(16)8-10(14-2)12-9(13)4-7-17-12/h4-7,10,14H,3,8H2,1-2H3. The third-order valence-electron chi connectivity index (χ3n) is 2.84. The van der Waals surface area contributed by atoms with Crippen LogP contribution in [0.2, 0.25) is 0 Å². The van der Waals surface area contributed by atoms with Crippen molar-refractivity contribution < 1.29 is 0 Å². The lowest BCUT2D eigenvalue weighted by molar-refractivity contribution is 0.559. The van der Waals surface area contributed by atoms with Gasteiger partial charge in [0, 0.05) is 40.8 Å². The highest BCUT2D eigenvalue weighted by atomic mass is 79.9. The summed E-state index contributed by atoms with van der Waals surface area (Å²) in [5, 5.41) is 5.47. The topological polar surface area (TPSA) is 29.9 Å². The van der Waals surface area contributed by atoms with Crippen LogP contribution in [-0.2, 0) is 13.0 Å². The molecule has 1 unspecified atom stereocenters. The van der Waals surface area contributed by atoms with E-state index in [1.165, 1.54) is 9.35 Å². The summed E-state index contributed by atoms with van der Waals surface area (Å²) in [6.45, 7) is 3.11. The van der Waals surface area contributed by atoms with Crippen molar-refractivity contribution >= 4 is 27.3 Å². The SMILES string of the molecule is CCn1ccnc1CC(NC)c1sccc1Br. The van der Waals surface area contributed by atoms with Crippen molar-refractivity contribution in [1.29, 1.82) is 0 Å². The molecule has 0 aliphatic carbocycles. The Kier molecular flexibility index (Phi) is 4.36. The summed E-state index contributed by atoms with van der Waals surface area (Å²) in [5.41, 5.74) is 0. The number of hydrogen-bond acceptors (Lipinski definition) is 3. The minimum atomic E-state index is 0.317. The van der Waals surface area contributed by atoms with Gasteiger partial charge in [0.05, 0.1) is 0 Å². The average molecular weight is 314 g/mol. The fourth-order valence-electron chi connectivity index (χ4n) is 1.88. The molecule has 2 aromatic rings. The fourth-order valence-corrected chi connectivity index (χ4v) is 3.64. The number of imidazole rings is 1. The smallest absolute Gasteiger partial charge is 0.110 e. The lowest BCUT2D eigenvalue weighted by Gasteiger charge is -2.15. The zero-order chi connectivity index (χ0) is 12.3. The number of likely N-dealkylation sites (N-methyl/N-ethyl adjacent to an activating group) is 1. The Morgan fingerprint density at radius 1 is 1.59 bits per heavy atom. The van der Waals surface area contributed by atoms with Gasteiger partial charge in [-0.2, -0.15) is 0 Å². The summed E-state index contributed by atoms with van der Waals surface area (Å²) in [5.74, 6) is 1.13. The minimum Gasteiger partial charge on any atom is -0.335 e. The second kappa shape index (κ2) is 5.80. The number of nitrogens with zero attached hydrogens (tertiary/aromatic N) is 2. The van der Waals surface area contributed by atoms with Crippen LogP contribution in [0.25, 0.3) is 0 Å². The van der Waals surface area contributed by atoms with Crippen LogP contribution < -0.4 is 5.32 Å². The number of rotatable bonds is 5. The molecular formula is C12H16BrN3S. The molecule has 0 radical (unpaired) electrons. The molecule has 1 N–H and O–H groups in total. The summed E-state index contributed by atoms with van der Waals surface area (Å²) in [6.07, 6.45) is 4.82. The Balaban J connectivity index is 2.19. The Labute approximate surface area is 114 Å². The second-order valence-corrected chi connectivity index (χ2v) is 5.61. The first-order valence-corrected chi connectivity index (χ1v) is 7.33. The van der Waals surface area contributed by atoms with Crippen molar-refractivity contribution in [2.75, 3.05) is 7.05 Å². The largest absolute Gasteiger partial charge is 0.335 e. The quantitative estimate of drug-likeness (QED) is 0.918. The second-order valence-electron chi connectivity index (χ2n) is 3.81. The van der Waals surface area contributed by atoms with E-state index in [2.05, 4.69) is 49.2 Å². The molecule has 92 valence electrons. The molecule has 0 spiro atoms. The lowest BCUT2D eigenvalue weighted by atomic mass is 10.1. The Bertz CT molecular complexity index is 478. The van der Waals surface area contributed by atoms with Crippen LogP contribution in [0.15, 0.2) is 28.3 Å². The Morgan fingerprint density at radius 2 is 2.41 bits per heavy atom. The van der Waals surface area contributed by atoms with E-state index in [4.69, 9.17) is 0 Å². The van der Waals surface area contributed by atoms with Crippen molar-refractivity contribution in [2.24, 2.45) is 0 Å². The van der Waals surface area contributed by atoms with Gasteiger partial charge in [-0.15, -0.1) is 11.3 Å². The van der Waals surface area contributed by atoms with Gasteiger partial charge in [0.25, 0.3) is 0 Å². The number of thiophene rings is 1. The first-order chi connectivity index (χ1) is 8.26. The van der Waals surface area contributed by atoms with E-state index in [0.717, 1.165) is 18.8 Å². The number of halogens is 1. The molecule has 0 fully saturated rings. The number of aryl methyl sites for hydroxylation is 1. The molecule has 2 rings (SSSR count). The number of hydrogen-bond donors (Lipinski definition) is 1. The molecule has 0 aliphatic heterocycles. The molecule has 2 aromatic heterocycles. The van der Waals surface area contributed by atoms with Crippen LogP contribution in [0.3, 0.4) is 0 Å². The molecule has 17 heavy (non-hydrogen) atoms. The Morgan fingerprint density at radius 3 is 3.00 bits per heavy atom. The van der Waals surface area contributed by atoms with Gasteiger partial charge in [-0.3, -0.25) is 0 Å². The molecule has 5 heteroatoms. The van der Waals surface area contributed by atoms with Gasteiger partial charge < -0.3 is 9.88 Å². The molecular weight excluding hydrogens is 298 g/mol. The van der Waals surface area contributed by atoms with Crippen LogP contribution in [0, 0.1) is 0 Å². The first kappa shape index (κ1) is 12.8. The number of nitrogens with one attached hydrogen (secondary N) is 1.